The van der Waals surface area contributed by atoms with Crippen molar-refractivity contribution in [1.29, 1.82) is 0 Å². The molecule has 2 heterocycles. The summed E-state index contributed by atoms with van der Waals surface area (Å²) < 4.78 is 15.5. The Morgan fingerprint density at radius 2 is 2.36 bits per heavy atom. The molecule has 1 aliphatic rings. The van der Waals surface area contributed by atoms with E-state index in [9.17, 15) is 9.18 Å². The van der Waals surface area contributed by atoms with Crippen molar-refractivity contribution in [3.05, 3.63) is 36.7 Å². The zero-order valence-corrected chi connectivity index (χ0v) is 12.3. The monoisotopic (exact) mass is 303 g/mol. The topological polar surface area (TPSA) is 71.8 Å². The number of nitrogens with one attached hydrogen (secondary N) is 2. The number of anilines is 1. The molecule has 1 aliphatic heterocycles. The van der Waals surface area contributed by atoms with Crippen LogP contribution in [0.25, 0.3) is 5.69 Å². The van der Waals surface area contributed by atoms with Crippen molar-refractivity contribution >= 4 is 11.6 Å². The lowest BCUT2D eigenvalue weighted by Crippen LogP contribution is -2.45. The minimum Gasteiger partial charge on any atom is -0.325 e. The molecule has 22 heavy (non-hydrogen) atoms. The van der Waals surface area contributed by atoms with Gasteiger partial charge in [-0.15, -0.1) is 0 Å². The van der Waals surface area contributed by atoms with E-state index in [0.717, 1.165) is 19.4 Å². The molecule has 0 saturated carbocycles. The standard InChI is InChI=1S/C15H18FN5O/c1-10-4-5-18-13(6-10)15(22)20-11-2-3-14(12(16)7-11)21-9-17-8-19-21/h2-3,7-10,13,18H,4-6H2,1H3,(H,20,22). The van der Waals surface area contributed by atoms with Gasteiger partial charge in [-0.2, -0.15) is 5.10 Å². The first-order valence-corrected chi connectivity index (χ1v) is 7.32. The third-order valence-corrected chi connectivity index (χ3v) is 3.86. The number of hydrogen-bond acceptors (Lipinski definition) is 4. The van der Waals surface area contributed by atoms with Gasteiger partial charge in [0.1, 0.15) is 18.3 Å². The van der Waals surface area contributed by atoms with Crippen LogP contribution in [0.3, 0.4) is 0 Å². The number of halogens is 1. The van der Waals surface area contributed by atoms with E-state index in [0.29, 0.717) is 17.3 Å². The van der Waals surface area contributed by atoms with Gasteiger partial charge >= 0.3 is 0 Å². The van der Waals surface area contributed by atoms with E-state index in [-0.39, 0.29) is 11.9 Å². The summed E-state index contributed by atoms with van der Waals surface area (Å²) >= 11 is 0. The van der Waals surface area contributed by atoms with E-state index in [1.165, 1.54) is 23.4 Å². The molecule has 0 radical (unpaired) electrons. The number of nitrogens with zero attached hydrogens (tertiary/aromatic N) is 3. The number of carbonyl (C=O) groups is 1. The molecule has 7 heteroatoms. The number of aromatic nitrogens is 3. The third-order valence-electron chi connectivity index (χ3n) is 3.86. The number of amides is 1. The first kappa shape index (κ1) is 14.6. The first-order valence-electron chi connectivity index (χ1n) is 7.32. The Kier molecular flexibility index (Phi) is 4.15. The molecule has 2 atom stereocenters. The average Bonchev–Trinajstić information content (AvgIpc) is 3.01. The van der Waals surface area contributed by atoms with Crippen LogP contribution in [-0.4, -0.2) is 33.3 Å². The molecule has 116 valence electrons. The first-order chi connectivity index (χ1) is 10.6. The highest BCUT2D eigenvalue weighted by Gasteiger charge is 2.24. The Balaban J connectivity index is 1.70. The fourth-order valence-corrected chi connectivity index (χ4v) is 2.64. The zero-order chi connectivity index (χ0) is 15.5. The van der Waals surface area contributed by atoms with Gasteiger partial charge in [0, 0.05) is 5.69 Å². The van der Waals surface area contributed by atoms with Crippen LogP contribution in [0.15, 0.2) is 30.9 Å². The lowest BCUT2D eigenvalue weighted by Gasteiger charge is -2.27. The van der Waals surface area contributed by atoms with Gasteiger partial charge in [0.15, 0.2) is 5.82 Å². The molecule has 1 saturated heterocycles. The van der Waals surface area contributed by atoms with Crippen LogP contribution in [-0.2, 0) is 4.79 Å². The van der Waals surface area contributed by atoms with Crippen LogP contribution in [0.5, 0.6) is 0 Å². The molecule has 3 rings (SSSR count). The highest BCUT2D eigenvalue weighted by atomic mass is 19.1. The van der Waals surface area contributed by atoms with Crippen LogP contribution in [0, 0.1) is 11.7 Å². The van der Waals surface area contributed by atoms with Gasteiger partial charge in [-0.3, -0.25) is 4.79 Å². The van der Waals surface area contributed by atoms with Gasteiger partial charge in [-0.25, -0.2) is 14.1 Å². The summed E-state index contributed by atoms with van der Waals surface area (Å²) in [5.41, 5.74) is 0.728. The summed E-state index contributed by atoms with van der Waals surface area (Å²) in [4.78, 5) is 16.0. The maximum absolute atomic E-state index is 14.1. The Bertz CT molecular complexity index is 658. The molecule has 1 aromatic heterocycles. The van der Waals surface area contributed by atoms with Crippen LogP contribution in [0.4, 0.5) is 10.1 Å². The van der Waals surface area contributed by atoms with Crippen molar-refractivity contribution in [1.82, 2.24) is 20.1 Å². The minimum absolute atomic E-state index is 0.126. The molecule has 2 aromatic rings. The van der Waals surface area contributed by atoms with Gasteiger partial charge < -0.3 is 10.6 Å². The van der Waals surface area contributed by atoms with E-state index in [2.05, 4.69) is 27.6 Å². The largest absolute Gasteiger partial charge is 0.325 e. The second-order valence-electron chi connectivity index (χ2n) is 5.63. The summed E-state index contributed by atoms with van der Waals surface area (Å²) in [6.07, 6.45) is 4.63. The summed E-state index contributed by atoms with van der Waals surface area (Å²) in [6.45, 7) is 2.96. The lowest BCUT2D eigenvalue weighted by molar-refractivity contribution is -0.119. The minimum atomic E-state index is -0.465. The van der Waals surface area contributed by atoms with Gasteiger partial charge in [0.05, 0.1) is 6.04 Å². The summed E-state index contributed by atoms with van der Waals surface area (Å²) in [5, 5.41) is 9.84. The van der Waals surface area contributed by atoms with Gasteiger partial charge in [0.2, 0.25) is 5.91 Å². The quantitative estimate of drug-likeness (QED) is 0.906. The Morgan fingerprint density at radius 1 is 1.50 bits per heavy atom. The van der Waals surface area contributed by atoms with Crippen LogP contribution in [0.1, 0.15) is 19.8 Å². The van der Waals surface area contributed by atoms with Gasteiger partial charge in [-0.1, -0.05) is 6.92 Å². The van der Waals surface area contributed by atoms with Crippen molar-refractivity contribution in [3.63, 3.8) is 0 Å². The van der Waals surface area contributed by atoms with E-state index in [1.54, 1.807) is 12.1 Å². The molecule has 2 unspecified atom stereocenters. The van der Waals surface area contributed by atoms with Gasteiger partial charge in [0.25, 0.3) is 0 Å². The summed E-state index contributed by atoms with van der Waals surface area (Å²) in [5.74, 6) is -0.0730. The van der Waals surface area contributed by atoms with Gasteiger partial charge in [-0.05, 0) is 43.5 Å². The van der Waals surface area contributed by atoms with Crippen LogP contribution in [0.2, 0.25) is 0 Å². The van der Waals surface area contributed by atoms with Crippen LogP contribution >= 0.6 is 0 Å². The highest BCUT2D eigenvalue weighted by molar-refractivity contribution is 5.95. The van der Waals surface area contributed by atoms with Crippen molar-refractivity contribution in [3.8, 4) is 5.69 Å². The maximum atomic E-state index is 14.1. The van der Waals surface area contributed by atoms with E-state index in [1.807, 2.05) is 0 Å². The van der Waals surface area contributed by atoms with E-state index in [4.69, 9.17) is 0 Å². The summed E-state index contributed by atoms with van der Waals surface area (Å²) in [6, 6.07) is 4.30. The number of benzene rings is 1. The number of hydrogen-bond donors (Lipinski definition) is 2. The third kappa shape index (κ3) is 3.14. The number of carbonyl (C=O) groups excluding carboxylic acids is 1. The van der Waals surface area contributed by atoms with E-state index >= 15 is 0 Å². The molecular formula is C15H18FN5O. The maximum Gasteiger partial charge on any atom is 0.241 e. The number of rotatable bonds is 3. The lowest BCUT2D eigenvalue weighted by atomic mass is 9.94. The Morgan fingerprint density at radius 3 is 3.05 bits per heavy atom. The normalized spacial score (nSPS) is 21.5. The summed E-state index contributed by atoms with van der Waals surface area (Å²) in [7, 11) is 0. The average molecular weight is 303 g/mol. The molecule has 6 nitrogen and oxygen atoms in total. The Hall–Kier alpha value is -2.28. The molecule has 0 spiro atoms. The smallest absolute Gasteiger partial charge is 0.241 e. The molecule has 0 aliphatic carbocycles. The Labute approximate surface area is 127 Å². The molecule has 1 aromatic carbocycles. The molecular weight excluding hydrogens is 285 g/mol. The molecule has 1 amide bonds. The second kappa shape index (κ2) is 6.23. The van der Waals surface area contributed by atoms with E-state index < -0.39 is 5.82 Å². The molecule has 0 bridgehead atoms. The fourth-order valence-electron chi connectivity index (χ4n) is 2.64. The van der Waals surface area contributed by atoms with Crippen LogP contribution < -0.4 is 10.6 Å². The SMILES string of the molecule is CC1CCNC(C(=O)Nc2ccc(-n3cncn3)c(F)c2)C1. The molecule has 1 fully saturated rings. The predicted octanol–water partition coefficient (Wildman–Crippen LogP) is 1.73. The van der Waals surface area contributed by atoms with Crippen molar-refractivity contribution in [2.75, 3.05) is 11.9 Å². The van der Waals surface area contributed by atoms with Crippen molar-refractivity contribution in [2.24, 2.45) is 5.92 Å². The fraction of sp³-hybridized carbons (Fsp3) is 0.400. The zero-order valence-electron chi connectivity index (χ0n) is 12.3. The van der Waals surface area contributed by atoms with Crippen molar-refractivity contribution in [2.45, 2.75) is 25.8 Å². The predicted molar refractivity (Wildman–Crippen MR) is 80.1 cm³/mol. The highest BCUT2D eigenvalue weighted by Crippen LogP contribution is 2.19. The second-order valence-corrected chi connectivity index (χ2v) is 5.63. The molecule has 2 N–H and O–H groups in total. The van der Waals surface area contributed by atoms with Crippen molar-refractivity contribution < 1.29 is 9.18 Å². The number of piperidine rings is 1.